The van der Waals surface area contributed by atoms with Crippen LogP contribution in [0.2, 0.25) is 0 Å². The summed E-state index contributed by atoms with van der Waals surface area (Å²) < 4.78 is 103. The maximum atomic E-state index is 12.7. The monoisotopic (exact) mass is 329 g/mol. The zero-order valence-electron chi connectivity index (χ0n) is 9.12. The van der Waals surface area contributed by atoms with Crippen molar-refractivity contribution in [3.63, 3.8) is 0 Å². The van der Waals surface area contributed by atoms with Gasteiger partial charge in [-0.3, -0.25) is 4.98 Å². The first-order chi connectivity index (χ1) is 8.97. The molecule has 0 amide bonds. The van der Waals surface area contributed by atoms with Crippen LogP contribution >= 0.6 is 11.6 Å². The van der Waals surface area contributed by atoms with Crippen molar-refractivity contribution in [2.75, 3.05) is 0 Å². The number of ether oxygens (including phenoxy) is 1. The molecule has 0 fully saturated rings. The van der Waals surface area contributed by atoms with Crippen molar-refractivity contribution in [1.29, 1.82) is 0 Å². The van der Waals surface area contributed by atoms with Gasteiger partial charge in [-0.15, -0.1) is 24.8 Å². The first-order valence-electron chi connectivity index (χ1n) is 4.66. The molecule has 0 bridgehead atoms. The van der Waals surface area contributed by atoms with E-state index < -0.39 is 47.4 Å². The van der Waals surface area contributed by atoms with Crippen molar-refractivity contribution >= 4 is 11.6 Å². The van der Waals surface area contributed by atoms with Crippen LogP contribution in [0.3, 0.4) is 0 Å². The van der Waals surface area contributed by atoms with E-state index in [0.717, 1.165) is 0 Å². The molecular formula is C9H4ClF8NO. The van der Waals surface area contributed by atoms with E-state index in [4.69, 9.17) is 11.6 Å². The topological polar surface area (TPSA) is 22.1 Å². The number of halogens is 9. The summed E-state index contributed by atoms with van der Waals surface area (Å²) in [6.07, 6.45) is -14.4. The third kappa shape index (κ3) is 3.84. The van der Waals surface area contributed by atoms with Gasteiger partial charge in [-0.25, -0.2) is 8.78 Å². The molecular weight excluding hydrogens is 326 g/mol. The lowest BCUT2D eigenvalue weighted by molar-refractivity contribution is -0.276. The maximum absolute atomic E-state index is 12.7. The van der Waals surface area contributed by atoms with Crippen LogP contribution in [-0.2, 0) is 12.1 Å². The van der Waals surface area contributed by atoms with Gasteiger partial charge in [0.2, 0.25) is 0 Å². The van der Waals surface area contributed by atoms with Gasteiger partial charge in [0.25, 0.3) is 6.43 Å². The summed E-state index contributed by atoms with van der Waals surface area (Å²) in [5.74, 6) is -2.64. The Morgan fingerprint density at radius 2 is 1.70 bits per heavy atom. The van der Waals surface area contributed by atoms with Crippen LogP contribution in [0.4, 0.5) is 35.1 Å². The fourth-order valence-electron chi connectivity index (χ4n) is 1.31. The van der Waals surface area contributed by atoms with Gasteiger partial charge < -0.3 is 4.74 Å². The summed E-state index contributed by atoms with van der Waals surface area (Å²) >= 11 is 5.17. The molecule has 0 saturated heterocycles. The Kier molecular flexibility index (Phi) is 4.67. The van der Waals surface area contributed by atoms with Crippen molar-refractivity contribution in [2.45, 2.75) is 24.8 Å². The summed E-state index contributed by atoms with van der Waals surface area (Å²) in [6, 6.07) is 0. The van der Waals surface area contributed by atoms with Crippen LogP contribution in [0, 0.1) is 0 Å². The molecule has 1 aromatic heterocycles. The van der Waals surface area contributed by atoms with Crippen LogP contribution in [0.25, 0.3) is 0 Å². The quantitative estimate of drug-likeness (QED) is 0.593. The van der Waals surface area contributed by atoms with E-state index in [1.807, 2.05) is 0 Å². The van der Waals surface area contributed by atoms with Crippen LogP contribution in [0.1, 0.15) is 23.2 Å². The Balaban J connectivity index is 3.61. The molecule has 0 atom stereocenters. The second kappa shape index (κ2) is 5.58. The fourth-order valence-corrected chi connectivity index (χ4v) is 1.50. The average Bonchev–Trinajstić information content (AvgIpc) is 2.24. The molecule has 0 aromatic carbocycles. The molecule has 1 heterocycles. The van der Waals surface area contributed by atoms with E-state index in [1.54, 1.807) is 0 Å². The Morgan fingerprint density at radius 1 is 1.15 bits per heavy atom. The molecule has 0 aliphatic rings. The molecule has 0 saturated carbocycles. The minimum absolute atomic E-state index is 0.380. The zero-order valence-corrected chi connectivity index (χ0v) is 9.87. The second-order valence-electron chi connectivity index (χ2n) is 3.35. The third-order valence-electron chi connectivity index (χ3n) is 1.99. The van der Waals surface area contributed by atoms with Gasteiger partial charge in [0, 0.05) is 11.8 Å². The van der Waals surface area contributed by atoms with Gasteiger partial charge in [-0.1, -0.05) is 0 Å². The first-order valence-corrected chi connectivity index (χ1v) is 5.19. The minimum atomic E-state index is -5.51. The van der Waals surface area contributed by atoms with Crippen LogP contribution in [-0.4, -0.2) is 11.3 Å². The molecule has 0 aliphatic heterocycles. The number of rotatable bonds is 3. The summed E-state index contributed by atoms with van der Waals surface area (Å²) in [7, 11) is 0. The number of alkyl halides is 9. The van der Waals surface area contributed by atoms with Gasteiger partial charge >= 0.3 is 12.5 Å². The van der Waals surface area contributed by atoms with Gasteiger partial charge in [0.05, 0.1) is 5.88 Å². The Bertz CT molecular complexity index is 484. The third-order valence-corrected chi connectivity index (χ3v) is 2.27. The van der Waals surface area contributed by atoms with E-state index >= 15 is 0 Å². The lowest BCUT2D eigenvalue weighted by atomic mass is 10.1. The summed E-state index contributed by atoms with van der Waals surface area (Å²) in [5, 5.41) is 0. The number of aromatic nitrogens is 1. The number of pyridine rings is 1. The molecule has 0 N–H and O–H groups in total. The average molecular weight is 330 g/mol. The van der Waals surface area contributed by atoms with E-state index in [-0.39, 0.29) is 0 Å². The molecule has 0 radical (unpaired) electrons. The first kappa shape index (κ1) is 16.7. The highest BCUT2D eigenvalue weighted by molar-refractivity contribution is 6.17. The lowest BCUT2D eigenvalue weighted by Crippen LogP contribution is -2.23. The van der Waals surface area contributed by atoms with Gasteiger partial charge in [-0.05, 0) is 0 Å². The van der Waals surface area contributed by atoms with Crippen molar-refractivity contribution in [3.8, 4) is 5.75 Å². The van der Waals surface area contributed by atoms with E-state index in [0.29, 0.717) is 6.20 Å². The smallest absolute Gasteiger partial charge is 0.405 e. The summed E-state index contributed by atoms with van der Waals surface area (Å²) in [4.78, 5) is 2.80. The predicted octanol–water partition coefficient (Wildman–Crippen LogP) is 4.68. The molecule has 1 aromatic rings. The van der Waals surface area contributed by atoms with Gasteiger partial charge in [-0.2, -0.15) is 13.2 Å². The van der Waals surface area contributed by atoms with Gasteiger partial charge in [0.15, 0.2) is 0 Å². The fraction of sp³-hybridized carbons (Fsp3) is 0.444. The molecule has 114 valence electrons. The zero-order chi connectivity index (χ0) is 15.7. The number of hydrogen-bond acceptors (Lipinski definition) is 2. The molecule has 0 unspecified atom stereocenters. The van der Waals surface area contributed by atoms with Crippen molar-refractivity contribution in [3.05, 3.63) is 23.0 Å². The van der Waals surface area contributed by atoms with Crippen molar-refractivity contribution < 1.29 is 39.9 Å². The van der Waals surface area contributed by atoms with E-state index in [1.165, 1.54) is 0 Å². The highest BCUT2D eigenvalue weighted by Gasteiger charge is 2.44. The predicted molar refractivity (Wildman–Crippen MR) is 50.4 cm³/mol. The van der Waals surface area contributed by atoms with E-state index in [2.05, 4.69) is 9.72 Å². The highest BCUT2D eigenvalue weighted by Crippen LogP contribution is 2.44. The molecule has 20 heavy (non-hydrogen) atoms. The van der Waals surface area contributed by atoms with Gasteiger partial charge in [0.1, 0.15) is 17.0 Å². The number of hydrogen-bond donors (Lipinski definition) is 0. The second-order valence-corrected chi connectivity index (χ2v) is 3.62. The summed E-state index contributed by atoms with van der Waals surface area (Å²) in [6.45, 7) is 0. The Morgan fingerprint density at radius 3 is 2.05 bits per heavy atom. The molecule has 0 aliphatic carbocycles. The van der Waals surface area contributed by atoms with Crippen molar-refractivity contribution in [1.82, 2.24) is 4.98 Å². The molecule has 0 spiro atoms. The normalized spacial score (nSPS) is 12.9. The Labute approximate surface area is 111 Å². The number of nitrogens with zero attached hydrogens (tertiary/aromatic N) is 1. The highest BCUT2D eigenvalue weighted by atomic mass is 35.5. The van der Waals surface area contributed by atoms with Crippen LogP contribution < -0.4 is 4.74 Å². The van der Waals surface area contributed by atoms with E-state index in [9.17, 15) is 35.1 Å². The maximum Gasteiger partial charge on any atom is 0.573 e. The lowest BCUT2D eigenvalue weighted by Gasteiger charge is -2.19. The van der Waals surface area contributed by atoms with Crippen molar-refractivity contribution in [2.24, 2.45) is 0 Å². The molecule has 1 rings (SSSR count). The minimum Gasteiger partial charge on any atom is -0.405 e. The largest absolute Gasteiger partial charge is 0.573 e. The Hall–Kier alpha value is -1.32. The standard InChI is InChI=1S/C9H4ClF8NO/c10-1-3-2-19-5(7(11)12)4(8(13,14)15)6(3)20-9(16,17)18/h2,7H,1H2. The molecule has 2 nitrogen and oxygen atoms in total. The SMILES string of the molecule is FC(F)c1ncc(CCl)c(OC(F)(F)F)c1C(F)(F)F. The van der Waals surface area contributed by atoms with Crippen LogP contribution in [0.5, 0.6) is 5.75 Å². The molecule has 11 heteroatoms. The van der Waals surface area contributed by atoms with Crippen LogP contribution in [0.15, 0.2) is 6.20 Å². The summed E-state index contributed by atoms with van der Waals surface area (Å²) in [5.41, 5.74) is -4.95.